The lowest BCUT2D eigenvalue weighted by Crippen LogP contribution is -2.12. The number of halogens is 1. The van der Waals surface area contributed by atoms with E-state index in [1.807, 2.05) is 25.1 Å². The third-order valence-corrected chi connectivity index (χ3v) is 2.94. The molecule has 0 radical (unpaired) electrons. The summed E-state index contributed by atoms with van der Waals surface area (Å²) >= 11 is 0. The smallest absolute Gasteiger partial charge is 0.187 e. The van der Waals surface area contributed by atoms with Crippen LogP contribution >= 0.6 is 0 Å². The zero-order valence-electron chi connectivity index (χ0n) is 10.4. The lowest BCUT2D eigenvalue weighted by molar-refractivity contribution is 0.0975. The van der Waals surface area contributed by atoms with Crippen molar-refractivity contribution in [3.8, 4) is 6.07 Å². The zero-order chi connectivity index (χ0) is 13.8. The maximum Gasteiger partial charge on any atom is 0.187 e. The van der Waals surface area contributed by atoms with E-state index in [1.165, 1.54) is 18.2 Å². The second kappa shape index (κ2) is 5.45. The summed E-state index contributed by atoms with van der Waals surface area (Å²) in [5, 5.41) is 9.18. The minimum atomic E-state index is -0.975. The summed E-state index contributed by atoms with van der Waals surface area (Å²) in [4.78, 5) is 12.2. The number of ketones is 1. The molecule has 0 aromatic heterocycles. The topological polar surface area (TPSA) is 40.9 Å². The first-order valence-electron chi connectivity index (χ1n) is 5.88. The molecular formula is C16H12FNO. The predicted octanol–water partition coefficient (Wildman–Crippen LogP) is 3.62. The summed E-state index contributed by atoms with van der Waals surface area (Å²) in [7, 11) is 0. The summed E-state index contributed by atoms with van der Waals surface area (Å²) in [6.45, 7) is 1.92. The Hall–Kier alpha value is -2.47. The Labute approximate surface area is 111 Å². The number of hydrogen-bond acceptors (Lipinski definition) is 2. The Morgan fingerprint density at radius 2 is 1.79 bits per heavy atom. The third kappa shape index (κ3) is 2.69. The molecule has 0 fully saturated rings. The zero-order valence-corrected chi connectivity index (χ0v) is 10.4. The SMILES string of the molecule is Cc1ccc(C(C#N)C(=O)c2ccccc2F)cc1. The fourth-order valence-electron chi connectivity index (χ4n) is 1.86. The Bertz CT molecular complexity index is 641. The van der Waals surface area contributed by atoms with E-state index in [-0.39, 0.29) is 5.56 Å². The van der Waals surface area contributed by atoms with E-state index in [4.69, 9.17) is 0 Å². The molecule has 0 aliphatic carbocycles. The predicted molar refractivity (Wildman–Crippen MR) is 70.3 cm³/mol. The number of rotatable bonds is 3. The molecule has 0 aliphatic rings. The van der Waals surface area contributed by atoms with E-state index in [2.05, 4.69) is 0 Å². The van der Waals surface area contributed by atoms with Crippen molar-refractivity contribution in [2.24, 2.45) is 0 Å². The van der Waals surface area contributed by atoms with E-state index < -0.39 is 17.5 Å². The van der Waals surface area contributed by atoms with Crippen molar-refractivity contribution >= 4 is 5.78 Å². The van der Waals surface area contributed by atoms with Crippen LogP contribution in [0.5, 0.6) is 0 Å². The van der Waals surface area contributed by atoms with Gasteiger partial charge in [0.1, 0.15) is 11.7 Å². The highest BCUT2D eigenvalue weighted by molar-refractivity contribution is 6.02. The van der Waals surface area contributed by atoms with Gasteiger partial charge < -0.3 is 0 Å². The molecular weight excluding hydrogens is 241 g/mol. The number of carbonyl (C=O) groups excluding carboxylic acids is 1. The summed E-state index contributed by atoms with van der Waals surface area (Å²) < 4.78 is 13.6. The Balaban J connectivity index is 2.38. The van der Waals surface area contributed by atoms with Crippen molar-refractivity contribution in [2.75, 3.05) is 0 Å². The van der Waals surface area contributed by atoms with Gasteiger partial charge in [0.15, 0.2) is 5.78 Å². The van der Waals surface area contributed by atoms with Crippen molar-refractivity contribution in [2.45, 2.75) is 12.8 Å². The monoisotopic (exact) mass is 253 g/mol. The van der Waals surface area contributed by atoms with Crippen molar-refractivity contribution in [1.29, 1.82) is 5.26 Å². The number of nitriles is 1. The first-order chi connectivity index (χ1) is 9.13. The molecule has 0 aliphatic heterocycles. The largest absolute Gasteiger partial charge is 0.292 e. The minimum Gasteiger partial charge on any atom is -0.292 e. The maximum atomic E-state index is 13.6. The van der Waals surface area contributed by atoms with Crippen LogP contribution in [0, 0.1) is 24.1 Å². The van der Waals surface area contributed by atoms with Crippen LogP contribution in [0.2, 0.25) is 0 Å². The fourth-order valence-corrected chi connectivity index (χ4v) is 1.86. The molecule has 94 valence electrons. The molecule has 0 spiro atoms. The van der Waals surface area contributed by atoms with Crippen LogP contribution in [-0.4, -0.2) is 5.78 Å². The van der Waals surface area contributed by atoms with E-state index in [1.54, 1.807) is 18.2 Å². The third-order valence-electron chi connectivity index (χ3n) is 2.94. The number of carbonyl (C=O) groups is 1. The number of benzene rings is 2. The molecule has 1 unspecified atom stereocenters. The maximum absolute atomic E-state index is 13.6. The van der Waals surface area contributed by atoms with Gasteiger partial charge in [-0.2, -0.15) is 5.26 Å². The van der Waals surface area contributed by atoms with Gasteiger partial charge in [0.05, 0.1) is 11.6 Å². The highest BCUT2D eigenvalue weighted by Gasteiger charge is 2.23. The van der Waals surface area contributed by atoms with Gasteiger partial charge >= 0.3 is 0 Å². The molecule has 19 heavy (non-hydrogen) atoms. The normalized spacial score (nSPS) is 11.6. The molecule has 0 saturated heterocycles. The minimum absolute atomic E-state index is 0.0466. The van der Waals surface area contributed by atoms with E-state index in [0.29, 0.717) is 5.56 Å². The van der Waals surface area contributed by atoms with Crippen molar-refractivity contribution < 1.29 is 9.18 Å². The molecule has 2 nitrogen and oxygen atoms in total. The standard InChI is InChI=1S/C16H12FNO/c1-11-6-8-12(9-7-11)14(10-18)16(19)13-4-2-3-5-15(13)17/h2-9,14H,1H3. The van der Waals surface area contributed by atoms with Crippen LogP contribution in [-0.2, 0) is 0 Å². The molecule has 3 heteroatoms. The summed E-state index contributed by atoms with van der Waals surface area (Å²) in [6, 6.07) is 14.8. The first-order valence-corrected chi connectivity index (χ1v) is 5.88. The van der Waals surface area contributed by atoms with Crippen LogP contribution in [0.25, 0.3) is 0 Å². The molecule has 2 aromatic rings. The van der Waals surface area contributed by atoms with Crippen molar-refractivity contribution in [3.63, 3.8) is 0 Å². The Kier molecular flexibility index (Phi) is 3.72. The van der Waals surface area contributed by atoms with Crippen LogP contribution in [0.1, 0.15) is 27.4 Å². The van der Waals surface area contributed by atoms with Gasteiger partial charge in [0, 0.05) is 0 Å². The van der Waals surface area contributed by atoms with Gasteiger partial charge in [-0.15, -0.1) is 0 Å². The van der Waals surface area contributed by atoms with E-state index in [9.17, 15) is 14.4 Å². The average Bonchev–Trinajstić information content (AvgIpc) is 2.42. The highest BCUT2D eigenvalue weighted by atomic mass is 19.1. The first kappa shape index (κ1) is 13.0. The average molecular weight is 253 g/mol. The number of Topliss-reactive ketones (excluding diaryl/α,β-unsaturated/α-hetero) is 1. The fraction of sp³-hybridized carbons (Fsp3) is 0.125. The molecule has 2 rings (SSSR count). The second-order valence-corrected chi connectivity index (χ2v) is 4.32. The van der Waals surface area contributed by atoms with E-state index in [0.717, 1.165) is 5.56 Å². The number of aryl methyl sites for hydroxylation is 1. The van der Waals surface area contributed by atoms with Crippen LogP contribution in [0.4, 0.5) is 4.39 Å². The second-order valence-electron chi connectivity index (χ2n) is 4.32. The molecule has 2 aromatic carbocycles. The van der Waals surface area contributed by atoms with Gasteiger partial charge in [-0.25, -0.2) is 4.39 Å². The number of nitrogens with zero attached hydrogens (tertiary/aromatic N) is 1. The van der Waals surface area contributed by atoms with Crippen LogP contribution < -0.4 is 0 Å². The molecule has 1 atom stereocenters. The van der Waals surface area contributed by atoms with Gasteiger partial charge in [0.25, 0.3) is 0 Å². The van der Waals surface area contributed by atoms with Crippen molar-refractivity contribution in [3.05, 3.63) is 71.0 Å². The number of hydrogen-bond donors (Lipinski definition) is 0. The molecule has 0 saturated carbocycles. The quantitative estimate of drug-likeness (QED) is 0.784. The summed E-state index contributed by atoms with van der Waals surface area (Å²) in [5.74, 6) is -2.08. The summed E-state index contributed by atoms with van der Waals surface area (Å²) in [6.07, 6.45) is 0. The molecule has 0 bridgehead atoms. The highest BCUT2D eigenvalue weighted by Crippen LogP contribution is 2.22. The Morgan fingerprint density at radius 1 is 1.16 bits per heavy atom. The lowest BCUT2D eigenvalue weighted by atomic mass is 9.91. The Morgan fingerprint density at radius 3 is 2.37 bits per heavy atom. The van der Waals surface area contributed by atoms with Gasteiger partial charge in [-0.05, 0) is 24.6 Å². The summed E-state index contributed by atoms with van der Waals surface area (Å²) in [5.41, 5.74) is 1.58. The van der Waals surface area contributed by atoms with Gasteiger partial charge in [-0.3, -0.25) is 4.79 Å². The van der Waals surface area contributed by atoms with Crippen molar-refractivity contribution in [1.82, 2.24) is 0 Å². The lowest BCUT2D eigenvalue weighted by Gasteiger charge is -2.09. The van der Waals surface area contributed by atoms with E-state index >= 15 is 0 Å². The molecule has 0 amide bonds. The van der Waals surface area contributed by atoms with Gasteiger partial charge in [0.2, 0.25) is 0 Å². The van der Waals surface area contributed by atoms with Gasteiger partial charge in [-0.1, -0.05) is 42.0 Å². The van der Waals surface area contributed by atoms with Crippen LogP contribution in [0.3, 0.4) is 0 Å². The molecule has 0 heterocycles. The molecule has 0 N–H and O–H groups in total. The van der Waals surface area contributed by atoms with Crippen LogP contribution in [0.15, 0.2) is 48.5 Å².